The van der Waals surface area contributed by atoms with Gasteiger partial charge < -0.3 is 5.11 Å². The molecule has 1 aromatic carbocycles. The lowest BCUT2D eigenvalue weighted by molar-refractivity contribution is 0.0913. The Morgan fingerprint density at radius 2 is 1.83 bits per heavy atom. The average Bonchev–Trinajstić information content (AvgIpc) is 2.39. The molecule has 18 heavy (non-hydrogen) atoms. The molecule has 2 atom stereocenters. The SMILES string of the molecule is Cc1ccccc1[C@H](C)C(O)NC1CCCCC1. The Labute approximate surface area is 110 Å². The summed E-state index contributed by atoms with van der Waals surface area (Å²) >= 11 is 0. The molecule has 1 unspecified atom stereocenters. The molecule has 0 heterocycles. The van der Waals surface area contributed by atoms with Crippen LogP contribution in [0.1, 0.15) is 56.1 Å². The van der Waals surface area contributed by atoms with E-state index in [2.05, 4.69) is 31.3 Å². The highest BCUT2D eigenvalue weighted by atomic mass is 16.3. The van der Waals surface area contributed by atoms with Crippen LogP contribution >= 0.6 is 0 Å². The second kappa shape index (κ2) is 6.35. The molecule has 1 fully saturated rings. The zero-order valence-electron chi connectivity index (χ0n) is 11.5. The summed E-state index contributed by atoms with van der Waals surface area (Å²) < 4.78 is 0. The number of aliphatic hydroxyl groups excluding tert-OH is 1. The van der Waals surface area contributed by atoms with Crippen LogP contribution in [0.15, 0.2) is 24.3 Å². The van der Waals surface area contributed by atoms with E-state index < -0.39 is 6.23 Å². The molecule has 0 saturated heterocycles. The highest BCUT2D eigenvalue weighted by Gasteiger charge is 2.22. The number of hydrogen-bond acceptors (Lipinski definition) is 2. The van der Waals surface area contributed by atoms with Gasteiger partial charge in [-0.3, -0.25) is 5.32 Å². The fraction of sp³-hybridized carbons (Fsp3) is 0.625. The Hall–Kier alpha value is -0.860. The van der Waals surface area contributed by atoms with E-state index in [1.54, 1.807) is 0 Å². The summed E-state index contributed by atoms with van der Waals surface area (Å²) in [5.74, 6) is 0.146. The number of hydrogen-bond donors (Lipinski definition) is 2. The van der Waals surface area contributed by atoms with Crippen molar-refractivity contribution in [2.24, 2.45) is 0 Å². The number of aryl methyl sites for hydroxylation is 1. The monoisotopic (exact) mass is 247 g/mol. The first-order valence-electron chi connectivity index (χ1n) is 7.18. The van der Waals surface area contributed by atoms with Crippen molar-refractivity contribution in [2.75, 3.05) is 0 Å². The zero-order valence-corrected chi connectivity index (χ0v) is 11.5. The molecule has 1 aliphatic rings. The van der Waals surface area contributed by atoms with Crippen LogP contribution in [-0.4, -0.2) is 17.4 Å². The van der Waals surface area contributed by atoms with E-state index in [9.17, 15) is 5.11 Å². The highest BCUT2D eigenvalue weighted by molar-refractivity contribution is 5.29. The number of benzene rings is 1. The van der Waals surface area contributed by atoms with Gasteiger partial charge in [-0.2, -0.15) is 0 Å². The molecule has 0 aromatic heterocycles. The molecular formula is C16H25NO. The van der Waals surface area contributed by atoms with Crippen LogP contribution in [0.3, 0.4) is 0 Å². The number of aliphatic hydroxyl groups is 1. The summed E-state index contributed by atoms with van der Waals surface area (Å²) in [6, 6.07) is 8.82. The average molecular weight is 247 g/mol. The maximum absolute atomic E-state index is 10.3. The van der Waals surface area contributed by atoms with Gasteiger partial charge in [0.1, 0.15) is 6.23 Å². The first-order chi connectivity index (χ1) is 8.68. The van der Waals surface area contributed by atoms with Gasteiger partial charge in [-0.15, -0.1) is 0 Å². The molecule has 0 bridgehead atoms. The second-order valence-corrected chi connectivity index (χ2v) is 5.59. The summed E-state index contributed by atoms with van der Waals surface area (Å²) in [6.45, 7) is 4.21. The minimum atomic E-state index is -0.436. The van der Waals surface area contributed by atoms with Crippen molar-refractivity contribution in [3.8, 4) is 0 Å². The van der Waals surface area contributed by atoms with Crippen molar-refractivity contribution in [2.45, 2.75) is 64.1 Å². The Kier molecular flexibility index (Phi) is 4.79. The van der Waals surface area contributed by atoms with Gasteiger partial charge in [-0.1, -0.05) is 50.5 Å². The fourth-order valence-electron chi connectivity index (χ4n) is 2.92. The van der Waals surface area contributed by atoms with Crippen LogP contribution in [0.4, 0.5) is 0 Å². The molecule has 2 heteroatoms. The smallest absolute Gasteiger partial charge is 0.111 e. The van der Waals surface area contributed by atoms with E-state index >= 15 is 0 Å². The van der Waals surface area contributed by atoms with Gasteiger partial charge in [-0.05, 0) is 30.9 Å². The first-order valence-corrected chi connectivity index (χ1v) is 7.18. The quantitative estimate of drug-likeness (QED) is 0.800. The molecule has 0 spiro atoms. The Morgan fingerprint density at radius 3 is 2.50 bits per heavy atom. The number of rotatable bonds is 4. The summed E-state index contributed by atoms with van der Waals surface area (Å²) in [7, 11) is 0. The van der Waals surface area contributed by atoms with Crippen LogP contribution in [0.25, 0.3) is 0 Å². The molecule has 1 aliphatic carbocycles. The van der Waals surface area contributed by atoms with Crippen molar-refractivity contribution >= 4 is 0 Å². The minimum absolute atomic E-state index is 0.146. The molecule has 2 nitrogen and oxygen atoms in total. The lowest BCUT2D eigenvalue weighted by Crippen LogP contribution is -2.42. The van der Waals surface area contributed by atoms with E-state index in [-0.39, 0.29) is 5.92 Å². The van der Waals surface area contributed by atoms with Crippen molar-refractivity contribution in [3.05, 3.63) is 35.4 Å². The first kappa shape index (κ1) is 13.6. The van der Waals surface area contributed by atoms with Gasteiger partial charge in [0.15, 0.2) is 0 Å². The van der Waals surface area contributed by atoms with Crippen molar-refractivity contribution in [1.82, 2.24) is 5.32 Å². The molecule has 2 rings (SSSR count). The van der Waals surface area contributed by atoms with Crippen LogP contribution in [0.5, 0.6) is 0 Å². The van der Waals surface area contributed by atoms with E-state index in [1.165, 1.54) is 43.2 Å². The third-order valence-corrected chi connectivity index (χ3v) is 4.16. The van der Waals surface area contributed by atoms with Crippen molar-refractivity contribution in [1.29, 1.82) is 0 Å². The van der Waals surface area contributed by atoms with Gasteiger partial charge in [0.2, 0.25) is 0 Å². The predicted octanol–water partition coefficient (Wildman–Crippen LogP) is 3.34. The minimum Gasteiger partial charge on any atom is -0.378 e. The Bertz CT molecular complexity index is 371. The van der Waals surface area contributed by atoms with Crippen LogP contribution in [-0.2, 0) is 0 Å². The van der Waals surface area contributed by atoms with Crippen LogP contribution in [0, 0.1) is 6.92 Å². The molecule has 0 amide bonds. The van der Waals surface area contributed by atoms with E-state index in [0.29, 0.717) is 6.04 Å². The molecule has 0 aliphatic heterocycles. The Morgan fingerprint density at radius 1 is 1.17 bits per heavy atom. The van der Waals surface area contributed by atoms with Crippen molar-refractivity contribution < 1.29 is 5.11 Å². The lowest BCUT2D eigenvalue weighted by atomic mass is 9.92. The van der Waals surface area contributed by atoms with Gasteiger partial charge in [-0.25, -0.2) is 0 Å². The second-order valence-electron chi connectivity index (χ2n) is 5.59. The number of nitrogens with one attached hydrogen (secondary N) is 1. The third-order valence-electron chi connectivity index (χ3n) is 4.16. The predicted molar refractivity (Wildman–Crippen MR) is 75.6 cm³/mol. The molecule has 0 radical (unpaired) electrons. The molecule has 1 aromatic rings. The largest absolute Gasteiger partial charge is 0.378 e. The van der Waals surface area contributed by atoms with E-state index in [1.807, 2.05) is 12.1 Å². The van der Waals surface area contributed by atoms with Crippen LogP contribution in [0.2, 0.25) is 0 Å². The summed E-state index contributed by atoms with van der Waals surface area (Å²) in [5.41, 5.74) is 2.50. The summed E-state index contributed by atoms with van der Waals surface area (Å²) in [5, 5.41) is 13.7. The third kappa shape index (κ3) is 3.33. The van der Waals surface area contributed by atoms with E-state index in [0.717, 1.165) is 0 Å². The summed E-state index contributed by atoms with van der Waals surface area (Å²) in [6.07, 6.45) is 5.91. The maximum Gasteiger partial charge on any atom is 0.111 e. The maximum atomic E-state index is 10.3. The molecule has 100 valence electrons. The van der Waals surface area contributed by atoms with Gasteiger partial charge >= 0.3 is 0 Å². The fourth-order valence-corrected chi connectivity index (χ4v) is 2.92. The van der Waals surface area contributed by atoms with Gasteiger partial charge in [0.05, 0.1) is 0 Å². The molecule has 1 saturated carbocycles. The normalized spacial score (nSPS) is 20.6. The lowest BCUT2D eigenvalue weighted by Gasteiger charge is -2.29. The molecular weight excluding hydrogens is 222 g/mol. The van der Waals surface area contributed by atoms with Gasteiger partial charge in [0, 0.05) is 12.0 Å². The summed E-state index contributed by atoms with van der Waals surface area (Å²) in [4.78, 5) is 0. The van der Waals surface area contributed by atoms with Crippen molar-refractivity contribution in [3.63, 3.8) is 0 Å². The van der Waals surface area contributed by atoms with Crippen LogP contribution < -0.4 is 5.32 Å². The van der Waals surface area contributed by atoms with Gasteiger partial charge in [0.25, 0.3) is 0 Å². The Balaban J connectivity index is 1.95. The molecule has 2 N–H and O–H groups in total. The highest BCUT2D eigenvalue weighted by Crippen LogP contribution is 2.24. The zero-order chi connectivity index (χ0) is 13.0. The standard InChI is InChI=1S/C16H25NO/c1-12-8-6-7-11-15(12)13(2)16(18)17-14-9-4-3-5-10-14/h6-8,11,13-14,16-18H,3-5,9-10H2,1-2H3/t13-,16?/m0/s1. The topological polar surface area (TPSA) is 32.3 Å². The van der Waals surface area contributed by atoms with E-state index in [4.69, 9.17) is 0 Å².